The van der Waals surface area contributed by atoms with Crippen LogP contribution in [0.15, 0.2) is 315 Å². The van der Waals surface area contributed by atoms with Gasteiger partial charge in [-0.15, -0.1) is 210 Å². The van der Waals surface area contributed by atoms with Crippen LogP contribution >= 0.6 is 11.3 Å². The van der Waals surface area contributed by atoms with E-state index in [4.69, 9.17) is 35.3 Å². The van der Waals surface area contributed by atoms with Crippen molar-refractivity contribution in [3.05, 3.63) is 445 Å². The molecule has 771 valence electrons. The first-order valence-electron chi connectivity index (χ1n) is 48.2. The SMILES string of the molecule is CC(=O)C=C(C)O.CC(=O)C=C(C)O.CC(=O)C=C(C)O.CCc1c2[n-]c(c1CC)C=c1[n-]c(c(CC)c1CC)=Cc1[n-]c(c(CC)c1CC)C=c1[n-]c(c(CC)c1CC)=C2.Cc1[c-]c(-c2nccc3ccccc23)cc(C)c1.[Ir].[Ir].[Ir].[Ir].[Ir].[Pt+4].[c-]1c(-c2ccccn2)sc2ccccc12.[c-]1ccccc1-c1ccc2ccccc2n1.[c-]1ccccc1-c1ccc2ccccc2n1.[c-]1ccccc1-c1nccc2ccccc12. The summed E-state index contributed by atoms with van der Waals surface area (Å²) in [5.74, 6) is -0.187. The predicted molar refractivity (Wildman–Crippen MR) is 585 cm³/mol. The summed E-state index contributed by atoms with van der Waals surface area (Å²) in [7, 11) is 0. The number of ketones is 3. The Morgan fingerprint density at radius 1 is 0.331 bits per heavy atom. The van der Waals surface area contributed by atoms with E-state index in [9.17, 15) is 14.4 Å². The van der Waals surface area contributed by atoms with Gasteiger partial charge in [-0.2, -0.15) is 0 Å². The maximum absolute atomic E-state index is 10.0. The molecule has 11 heterocycles. The van der Waals surface area contributed by atoms with Gasteiger partial charge in [-0.1, -0.05) is 272 Å². The maximum Gasteiger partial charge on any atom is 4.00 e. The van der Waals surface area contributed by atoms with Crippen LogP contribution in [0.25, 0.3) is 133 Å². The Morgan fingerprint density at radius 3 is 1.01 bits per heavy atom. The van der Waals surface area contributed by atoms with Crippen LogP contribution in [0.1, 0.15) is 175 Å². The summed E-state index contributed by atoms with van der Waals surface area (Å²) in [6, 6.07) is 104. The third kappa shape index (κ3) is 34.7. The number of nitrogens with zero attached hydrogens (tertiary/aromatic N) is 9. The first kappa shape index (κ1) is 125. The van der Waals surface area contributed by atoms with Crippen LogP contribution in [0.3, 0.4) is 0 Å². The molecule has 0 saturated carbocycles. The van der Waals surface area contributed by atoms with Crippen molar-refractivity contribution in [2.45, 2.75) is 162 Å². The largest absolute Gasteiger partial charge is 4.00 e. The van der Waals surface area contributed by atoms with Crippen molar-refractivity contribution in [3.8, 4) is 55.6 Å². The number of pyridine rings is 5. The zero-order chi connectivity index (χ0) is 101. The molecule has 0 aliphatic carbocycles. The van der Waals surface area contributed by atoms with Gasteiger partial charge in [0.15, 0.2) is 17.3 Å². The zero-order valence-corrected chi connectivity index (χ0v) is 101. The molecular weight excluding hydrogens is 2920 g/mol. The molecule has 22 heteroatoms. The smallest absolute Gasteiger partial charge is 0.657 e. The minimum Gasteiger partial charge on any atom is -0.657 e. The van der Waals surface area contributed by atoms with E-state index in [0.717, 1.165) is 168 Å². The predicted octanol–water partition coefficient (Wildman–Crippen LogP) is 25.9. The summed E-state index contributed by atoms with van der Waals surface area (Å²) in [6.07, 6.45) is 25.6. The van der Waals surface area contributed by atoms with Crippen LogP contribution in [0.2, 0.25) is 0 Å². The molecular formula is C126H120Ir5N9O6PtS-5. The molecule has 1 aliphatic rings. The topological polar surface area (TPSA) is 233 Å². The molecule has 0 fully saturated rings. The molecule has 0 saturated heterocycles. The number of rotatable bonds is 16. The Labute approximate surface area is 956 Å². The van der Waals surface area contributed by atoms with Gasteiger partial charge in [-0.05, 0) is 188 Å². The summed E-state index contributed by atoms with van der Waals surface area (Å²) in [5.41, 5.74) is 28.5. The molecule has 148 heavy (non-hydrogen) atoms. The molecule has 10 aromatic heterocycles. The van der Waals surface area contributed by atoms with Crippen LogP contribution in [0, 0.1) is 44.2 Å². The number of para-hydroxylation sites is 2. The number of carbonyl (C=O) groups excluding carboxylic acids is 3. The van der Waals surface area contributed by atoms with Gasteiger partial charge in [0.1, 0.15) is 0 Å². The van der Waals surface area contributed by atoms with Gasteiger partial charge >= 0.3 is 21.1 Å². The van der Waals surface area contributed by atoms with Gasteiger partial charge < -0.3 is 50.2 Å². The molecule has 0 atom stereocenters. The summed E-state index contributed by atoms with van der Waals surface area (Å²) in [4.78, 5) is 74.7. The summed E-state index contributed by atoms with van der Waals surface area (Å²) in [6.45, 7) is 30.7. The molecule has 1 aliphatic heterocycles. The minimum absolute atomic E-state index is 0. The number of aromatic nitrogens is 9. The minimum atomic E-state index is -0.125. The van der Waals surface area contributed by atoms with Gasteiger partial charge in [0, 0.05) is 143 Å². The van der Waals surface area contributed by atoms with Crippen LogP contribution < -0.4 is 41.3 Å². The standard InChI is InChI=1S/C36H44N4.C17H14N.3C15H10N.C13H8NS.3C5H8O2.5Ir.Pt/c1-9-21-22(10-2)30-18-32-25(13-5)26(14-6)34(39-32)20-36-28(16-8)27(15-7)35(40-36)19-33-24(12-4)23(11-3)31(38-33)17-29(21)37-30;1-12-9-13(2)11-15(10-12)17-16-6-4-3-5-14(16)7-8-18-17;1-2-7-13(8-3-1)15-14-9-5-4-6-12(14)10-11-16-15;2*1-2-6-12(7-3-1)15-11-10-13-8-4-5-9-14(13)16-15;1-2-7-12-10(5-1)9-13(15-12)11-6-3-4-8-14-11;3*1-4(6)3-5(2)7;;;;;;/h17-20H,9-16H2,1-8H3;3-10H,1-2H3;1-7,9-11H;2*1-6,8-11H;1-8H;3*3,6H,1-2H3;;;;;;/q-4;5*-1;;;;;;;;;+4. The third-order valence-corrected chi connectivity index (χ3v) is 24.3. The van der Waals surface area contributed by atoms with Crippen molar-refractivity contribution < 1.29 is 151 Å². The van der Waals surface area contributed by atoms with Gasteiger partial charge in [-0.3, -0.25) is 24.4 Å². The number of benzene rings is 9. The number of aliphatic hydroxyl groups excluding tert-OH is 3. The Balaban J connectivity index is 0.000000268. The molecule has 0 amide bonds. The van der Waals surface area contributed by atoms with E-state index in [1.807, 2.05) is 188 Å². The fraction of sp³-hybridized carbons (Fsp3) is 0.190. The molecule has 8 bridgehead atoms. The number of hydrogen-bond acceptors (Lipinski definition) is 12. The number of thiophene rings is 1. The fourth-order valence-electron chi connectivity index (χ4n) is 17.1. The molecule has 0 spiro atoms. The summed E-state index contributed by atoms with van der Waals surface area (Å²) >= 11 is 1.73. The Hall–Kier alpha value is -12.1. The Bertz CT molecular complexity index is 7410. The van der Waals surface area contributed by atoms with E-state index < -0.39 is 0 Å². The second kappa shape index (κ2) is 63.0. The number of allylic oxidation sites excluding steroid dienone is 6. The molecule has 19 aromatic rings. The normalized spacial score (nSPS) is 10.8. The second-order valence-corrected chi connectivity index (χ2v) is 34.9. The number of carbonyl (C=O) groups is 3. The first-order valence-corrected chi connectivity index (χ1v) is 49.0. The van der Waals surface area contributed by atoms with E-state index in [1.165, 1.54) is 152 Å². The maximum atomic E-state index is 10.0. The van der Waals surface area contributed by atoms with E-state index in [-0.39, 0.29) is 156 Å². The van der Waals surface area contributed by atoms with Crippen molar-refractivity contribution in [2.24, 2.45) is 0 Å². The van der Waals surface area contributed by atoms with Crippen molar-refractivity contribution in [2.75, 3.05) is 0 Å². The zero-order valence-electron chi connectivity index (χ0n) is 85.7. The molecule has 0 unspecified atom stereocenters. The van der Waals surface area contributed by atoms with Crippen LogP contribution in [0.4, 0.5) is 0 Å². The van der Waals surface area contributed by atoms with Crippen LogP contribution in [0.5, 0.6) is 0 Å². The number of hydrogen-bond donors (Lipinski definition) is 3. The van der Waals surface area contributed by atoms with Gasteiger partial charge in [0.2, 0.25) is 0 Å². The third-order valence-electron chi connectivity index (χ3n) is 23.2. The Morgan fingerprint density at radius 2 is 0.676 bits per heavy atom. The number of aryl methyl sites for hydroxylation is 2. The van der Waals surface area contributed by atoms with Crippen molar-refractivity contribution in [1.82, 2.24) is 44.9 Å². The first-order chi connectivity index (χ1) is 68.8. The summed E-state index contributed by atoms with van der Waals surface area (Å²) in [5, 5.41) is 37.6. The van der Waals surface area contributed by atoms with Gasteiger partial charge in [0.25, 0.3) is 0 Å². The number of aliphatic hydroxyl groups is 3. The van der Waals surface area contributed by atoms with Crippen LogP contribution in [-0.4, -0.2) is 57.6 Å². The quantitative estimate of drug-likeness (QED) is 0.0464. The van der Waals surface area contributed by atoms with E-state index in [2.05, 4.69) is 240 Å². The van der Waals surface area contributed by atoms with Crippen molar-refractivity contribution in [3.63, 3.8) is 0 Å². The van der Waals surface area contributed by atoms with E-state index in [0.29, 0.717) is 0 Å². The molecule has 20 rings (SSSR count). The van der Waals surface area contributed by atoms with Crippen molar-refractivity contribution in [1.29, 1.82) is 0 Å². The summed E-state index contributed by atoms with van der Waals surface area (Å²) < 4.78 is 1.26. The molecule has 15 nitrogen and oxygen atoms in total. The molecule has 9 aromatic carbocycles. The van der Waals surface area contributed by atoms with E-state index in [1.54, 1.807) is 11.3 Å². The molecule has 5 radical (unpaired) electrons. The monoisotopic (exact) mass is 3050 g/mol. The van der Waals surface area contributed by atoms with Crippen LogP contribution in [-0.2, 0) is 187 Å². The molecule has 3 N–H and O–H groups in total. The van der Waals surface area contributed by atoms with E-state index >= 15 is 0 Å². The second-order valence-electron chi connectivity index (χ2n) is 33.8. The average molecular weight is 3040 g/mol. The average Bonchev–Trinajstić information content (AvgIpc) is 1.60. The van der Waals surface area contributed by atoms with Gasteiger partial charge in [0.05, 0.1) is 28.3 Å². The van der Waals surface area contributed by atoms with Crippen molar-refractivity contribution >= 4 is 106 Å². The number of fused-ring (bicyclic) bond motifs is 13. The van der Waals surface area contributed by atoms with Gasteiger partial charge in [-0.25, -0.2) is 11.3 Å². The fourth-order valence-corrected chi connectivity index (χ4v) is 18.1. The Kier molecular flexibility index (Phi) is 53.0.